The van der Waals surface area contributed by atoms with Gasteiger partial charge in [0.1, 0.15) is 0 Å². The van der Waals surface area contributed by atoms with Gasteiger partial charge in [-0.2, -0.15) is 0 Å². The van der Waals surface area contributed by atoms with E-state index in [2.05, 4.69) is 31.3 Å². The van der Waals surface area contributed by atoms with Gasteiger partial charge in [0.15, 0.2) is 0 Å². The topological polar surface area (TPSA) is 21.3 Å². The van der Waals surface area contributed by atoms with Crippen molar-refractivity contribution in [2.45, 2.75) is 45.1 Å². The predicted molar refractivity (Wildman–Crippen MR) is 87.9 cm³/mol. The van der Waals surface area contributed by atoms with Gasteiger partial charge < -0.3 is 10.1 Å². The van der Waals surface area contributed by atoms with Gasteiger partial charge in [-0.1, -0.05) is 37.6 Å². The Hall–Kier alpha value is -0.570. The van der Waals surface area contributed by atoms with Crippen molar-refractivity contribution in [1.82, 2.24) is 5.32 Å². The molecule has 0 aromatic heterocycles. The van der Waals surface area contributed by atoms with Crippen molar-refractivity contribution in [2.75, 3.05) is 19.7 Å². The van der Waals surface area contributed by atoms with Crippen molar-refractivity contribution in [3.63, 3.8) is 0 Å². The smallest absolute Gasteiger partial charge is 0.0603 e. The fraction of sp³-hybridized carbons (Fsp3) is 0.667. The summed E-state index contributed by atoms with van der Waals surface area (Å²) in [4.78, 5) is 0. The first kappa shape index (κ1) is 15.3. The molecule has 0 aliphatic carbocycles. The maximum absolute atomic E-state index is 6.06. The summed E-state index contributed by atoms with van der Waals surface area (Å²) in [7, 11) is 0. The maximum Gasteiger partial charge on any atom is 0.0603 e. The Bertz CT molecular complexity index is 469. The van der Waals surface area contributed by atoms with E-state index in [1.807, 2.05) is 12.1 Å². The SMILES string of the molecule is CC(C)C1CC2(CCNCC2c2ccc(Cl)cc2)CCO1. The number of hydrogen-bond donors (Lipinski definition) is 1. The molecule has 0 saturated carbocycles. The molecule has 0 amide bonds. The molecule has 1 spiro atoms. The van der Waals surface area contributed by atoms with Crippen LogP contribution >= 0.6 is 11.6 Å². The molecule has 0 radical (unpaired) electrons. The largest absolute Gasteiger partial charge is 0.378 e. The monoisotopic (exact) mass is 307 g/mol. The molecule has 3 unspecified atom stereocenters. The molecule has 21 heavy (non-hydrogen) atoms. The van der Waals surface area contributed by atoms with Gasteiger partial charge in [0.05, 0.1) is 6.10 Å². The van der Waals surface area contributed by atoms with Crippen LogP contribution < -0.4 is 5.32 Å². The van der Waals surface area contributed by atoms with E-state index in [-0.39, 0.29) is 0 Å². The zero-order valence-electron chi connectivity index (χ0n) is 13.1. The molecule has 1 N–H and O–H groups in total. The number of ether oxygens (including phenoxy) is 1. The number of benzene rings is 1. The van der Waals surface area contributed by atoms with Crippen molar-refractivity contribution >= 4 is 11.6 Å². The summed E-state index contributed by atoms with van der Waals surface area (Å²) >= 11 is 6.06. The van der Waals surface area contributed by atoms with Crippen LogP contribution in [0.3, 0.4) is 0 Å². The van der Waals surface area contributed by atoms with E-state index in [0.717, 1.165) is 24.7 Å². The van der Waals surface area contributed by atoms with Crippen LogP contribution in [0.15, 0.2) is 24.3 Å². The van der Waals surface area contributed by atoms with E-state index < -0.39 is 0 Å². The van der Waals surface area contributed by atoms with Crippen LogP contribution in [-0.4, -0.2) is 25.8 Å². The highest BCUT2D eigenvalue weighted by Gasteiger charge is 2.45. The van der Waals surface area contributed by atoms with Gasteiger partial charge in [-0.05, 0) is 54.8 Å². The molecule has 0 bridgehead atoms. The van der Waals surface area contributed by atoms with E-state index in [1.54, 1.807) is 0 Å². The standard InChI is InChI=1S/C18H26ClNO/c1-13(2)17-11-18(8-10-21-17)7-9-20-12-16(18)14-3-5-15(19)6-4-14/h3-6,13,16-17,20H,7-12H2,1-2H3. The Morgan fingerprint density at radius 1 is 1.24 bits per heavy atom. The van der Waals surface area contributed by atoms with Crippen LogP contribution in [0.5, 0.6) is 0 Å². The lowest BCUT2D eigenvalue weighted by atomic mass is 9.61. The van der Waals surface area contributed by atoms with E-state index >= 15 is 0 Å². The first-order valence-corrected chi connectivity index (χ1v) is 8.56. The molecular formula is C18H26ClNO. The van der Waals surface area contributed by atoms with Crippen molar-refractivity contribution in [3.05, 3.63) is 34.9 Å². The molecule has 3 rings (SSSR count). The Balaban J connectivity index is 1.88. The number of rotatable bonds is 2. The van der Waals surface area contributed by atoms with E-state index in [1.165, 1.54) is 24.8 Å². The van der Waals surface area contributed by atoms with Gasteiger partial charge >= 0.3 is 0 Å². The first-order valence-electron chi connectivity index (χ1n) is 8.18. The fourth-order valence-electron chi connectivity index (χ4n) is 4.09. The highest BCUT2D eigenvalue weighted by atomic mass is 35.5. The number of piperidine rings is 1. The molecule has 116 valence electrons. The fourth-order valence-corrected chi connectivity index (χ4v) is 4.21. The summed E-state index contributed by atoms with van der Waals surface area (Å²) in [6, 6.07) is 8.47. The Labute approximate surface area is 133 Å². The molecule has 1 aromatic rings. The number of halogens is 1. The Morgan fingerprint density at radius 3 is 2.71 bits per heavy atom. The molecule has 2 fully saturated rings. The molecule has 2 saturated heterocycles. The van der Waals surface area contributed by atoms with Crippen LogP contribution in [-0.2, 0) is 4.74 Å². The van der Waals surface area contributed by atoms with Crippen LogP contribution in [0.1, 0.15) is 44.6 Å². The van der Waals surface area contributed by atoms with Crippen molar-refractivity contribution in [1.29, 1.82) is 0 Å². The summed E-state index contributed by atoms with van der Waals surface area (Å²) in [6.07, 6.45) is 4.05. The van der Waals surface area contributed by atoms with Crippen molar-refractivity contribution in [3.8, 4) is 0 Å². The number of hydrogen-bond acceptors (Lipinski definition) is 2. The van der Waals surface area contributed by atoms with E-state index in [9.17, 15) is 0 Å². The quantitative estimate of drug-likeness (QED) is 0.882. The van der Waals surface area contributed by atoms with Crippen LogP contribution in [0, 0.1) is 11.3 Å². The van der Waals surface area contributed by atoms with Gasteiger partial charge in [-0.25, -0.2) is 0 Å². The summed E-state index contributed by atoms with van der Waals surface area (Å²) in [6.45, 7) is 7.68. The summed E-state index contributed by atoms with van der Waals surface area (Å²) in [5.41, 5.74) is 1.82. The molecule has 1 aromatic carbocycles. The van der Waals surface area contributed by atoms with E-state index in [0.29, 0.717) is 23.4 Å². The highest BCUT2D eigenvalue weighted by Crippen LogP contribution is 2.50. The van der Waals surface area contributed by atoms with Crippen LogP contribution in [0.25, 0.3) is 0 Å². The van der Waals surface area contributed by atoms with Gasteiger partial charge in [-0.15, -0.1) is 0 Å². The summed E-state index contributed by atoms with van der Waals surface area (Å²) in [5.74, 6) is 1.18. The molecular weight excluding hydrogens is 282 g/mol. The molecule has 2 aliphatic heterocycles. The molecule has 2 heterocycles. The van der Waals surface area contributed by atoms with Crippen molar-refractivity contribution < 1.29 is 4.74 Å². The minimum atomic E-state index is 0.395. The lowest BCUT2D eigenvalue weighted by Gasteiger charge is -2.50. The average Bonchev–Trinajstić information content (AvgIpc) is 2.49. The van der Waals surface area contributed by atoms with Crippen molar-refractivity contribution in [2.24, 2.45) is 11.3 Å². The average molecular weight is 308 g/mol. The van der Waals surface area contributed by atoms with Gasteiger partial charge in [0.25, 0.3) is 0 Å². The minimum absolute atomic E-state index is 0.395. The highest BCUT2D eigenvalue weighted by molar-refractivity contribution is 6.30. The molecule has 3 heteroatoms. The summed E-state index contributed by atoms with van der Waals surface area (Å²) < 4.78 is 6.03. The lowest BCUT2D eigenvalue weighted by Crippen LogP contribution is -2.49. The van der Waals surface area contributed by atoms with Gasteiger partial charge in [0.2, 0.25) is 0 Å². The first-order chi connectivity index (χ1) is 10.1. The summed E-state index contributed by atoms with van der Waals surface area (Å²) in [5, 5.41) is 4.41. The molecule has 2 aliphatic rings. The third kappa shape index (κ3) is 3.13. The molecule has 3 atom stereocenters. The van der Waals surface area contributed by atoms with E-state index in [4.69, 9.17) is 16.3 Å². The van der Waals surface area contributed by atoms with Gasteiger partial charge in [0, 0.05) is 24.1 Å². The van der Waals surface area contributed by atoms with Gasteiger partial charge in [-0.3, -0.25) is 0 Å². The normalized spacial score (nSPS) is 33.5. The second kappa shape index (κ2) is 6.28. The Morgan fingerprint density at radius 2 is 2.00 bits per heavy atom. The Kier molecular flexibility index (Phi) is 4.58. The predicted octanol–water partition coefficient (Wildman–Crippen LogP) is 4.24. The lowest BCUT2D eigenvalue weighted by molar-refractivity contribution is -0.0862. The van der Waals surface area contributed by atoms with Crippen LogP contribution in [0.4, 0.5) is 0 Å². The number of nitrogens with one attached hydrogen (secondary N) is 1. The third-order valence-electron chi connectivity index (χ3n) is 5.44. The zero-order valence-corrected chi connectivity index (χ0v) is 13.8. The maximum atomic E-state index is 6.06. The zero-order chi connectivity index (χ0) is 14.9. The minimum Gasteiger partial charge on any atom is -0.378 e. The molecule has 2 nitrogen and oxygen atoms in total. The second-order valence-electron chi connectivity index (χ2n) is 7.03. The van der Waals surface area contributed by atoms with Crippen LogP contribution in [0.2, 0.25) is 5.02 Å². The second-order valence-corrected chi connectivity index (χ2v) is 7.46. The third-order valence-corrected chi connectivity index (χ3v) is 5.69.